The van der Waals surface area contributed by atoms with Crippen molar-refractivity contribution in [1.82, 2.24) is 10.2 Å². The van der Waals surface area contributed by atoms with Crippen molar-refractivity contribution in [2.45, 2.75) is 32.8 Å². The maximum atomic E-state index is 14.6. The van der Waals surface area contributed by atoms with E-state index in [2.05, 4.69) is 10.2 Å². The summed E-state index contributed by atoms with van der Waals surface area (Å²) in [5, 5.41) is 18.1. The highest BCUT2D eigenvalue weighted by atomic mass is 35.5. The molecule has 1 aromatic carbocycles. The number of nitrogens with one attached hydrogen (secondary N) is 1. The van der Waals surface area contributed by atoms with Crippen LogP contribution >= 0.6 is 11.6 Å². The Kier molecular flexibility index (Phi) is 4.38. The molecule has 0 aliphatic carbocycles. The number of benzene rings is 1. The summed E-state index contributed by atoms with van der Waals surface area (Å²) < 4.78 is 37.9. The van der Waals surface area contributed by atoms with Gasteiger partial charge in [-0.15, -0.1) is 0 Å². The molecule has 3 rings (SSSR count). The van der Waals surface area contributed by atoms with Gasteiger partial charge in [-0.05, 0) is 30.2 Å². The molecule has 8 heteroatoms. The molecular formula is C16H20ClFN2O3S. The van der Waals surface area contributed by atoms with Gasteiger partial charge in [0, 0.05) is 10.9 Å². The minimum Gasteiger partial charge on any atom is -0.388 e. The van der Waals surface area contributed by atoms with Crippen molar-refractivity contribution in [2.75, 3.05) is 11.5 Å². The second-order valence-corrected chi connectivity index (χ2v) is 9.78. The van der Waals surface area contributed by atoms with Crippen LogP contribution in [0.25, 0.3) is 10.9 Å². The third kappa shape index (κ3) is 2.93. The Morgan fingerprint density at radius 2 is 2.04 bits per heavy atom. The molecule has 2 N–H and O–H groups in total. The molecule has 0 amide bonds. The van der Waals surface area contributed by atoms with Crippen molar-refractivity contribution in [2.24, 2.45) is 11.3 Å². The van der Waals surface area contributed by atoms with Crippen LogP contribution in [-0.2, 0) is 9.84 Å². The second kappa shape index (κ2) is 5.97. The number of rotatable bonds is 3. The Hall–Kier alpha value is -1.18. The van der Waals surface area contributed by atoms with E-state index in [9.17, 15) is 17.9 Å². The molecule has 0 spiro atoms. The molecule has 2 heterocycles. The first-order chi connectivity index (χ1) is 11.1. The molecule has 0 bridgehead atoms. The van der Waals surface area contributed by atoms with Crippen molar-refractivity contribution in [3.63, 3.8) is 0 Å². The number of aliphatic hydroxyl groups is 1. The monoisotopic (exact) mass is 374 g/mol. The molecule has 2 aromatic rings. The van der Waals surface area contributed by atoms with Crippen LogP contribution in [0.1, 0.15) is 38.4 Å². The zero-order valence-corrected chi connectivity index (χ0v) is 15.1. The minimum atomic E-state index is -3.00. The zero-order valence-electron chi connectivity index (χ0n) is 13.5. The molecule has 0 radical (unpaired) electrons. The van der Waals surface area contributed by atoms with Crippen LogP contribution < -0.4 is 0 Å². The first-order valence-corrected chi connectivity index (χ1v) is 10.0. The highest BCUT2D eigenvalue weighted by Gasteiger charge is 2.42. The van der Waals surface area contributed by atoms with Crippen molar-refractivity contribution in [3.8, 4) is 0 Å². The van der Waals surface area contributed by atoms with E-state index in [0.717, 1.165) is 0 Å². The molecule has 1 aliphatic rings. The van der Waals surface area contributed by atoms with E-state index >= 15 is 0 Å². The first kappa shape index (κ1) is 17.6. The number of sulfone groups is 1. The van der Waals surface area contributed by atoms with E-state index in [1.54, 1.807) is 0 Å². The van der Waals surface area contributed by atoms with Crippen LogP contribution in [0.2, 0.25) is 5.02 Å². The van der Waals surface area contributed by atoms with Crippen molar-refractivity contribution < 1.29 is 17.9 Å². The van der Waals surface area contributed by atoms with Crippen LogP contribution in [0.3, 0.4) is 0 Å². The molecular weight excluding hydrogens is 355 g/mol. The molecule has 1 unspecified atom stereocenters. The number of halogens is 2. The number of aliphatic hydroxyl groups excluding tert-OH is 1. The second-order valence-electron chi connectivity index (χ2n) is 7.07. The van der Waals surface area contributed by atoms with Crippen LogP contribution in [0.15, 0.2) is 12.3 Å². The summed E-state index contributed by atoms with van der Waals surface area (Å²) in [6.45, 7) is 3.67. The molecule has 24 heavy (non-hydrogen) atoms. The maximum absolute atomic E-state index is 14.6. The summed E-state index contributed by atoms with van der Waals surface area (Å²) in [6, 6.07) is 1.46. The van der Waals surface area contributed by atoms with Crippen LogP contribution in [0.5, 0.6) is 0 Å². The van der Waals surface area contributed by atoms with Gasteiger partial charge in [-0.1, -0.05) is 25.4 Å². The summed E-state index contributed by atoms with van der Waals surface area (Å²) in [6.07, 6.45) is 1.31. The average Bonchev–Trinajstić information content (AvgIpc) is 2.95. The summed E-state index contributed by atoms with van der Waals surface area (Å²) in [4.78, 5) is 0. The normalized spacial score (nSPS) is 20.4. The standard InChI is InChI=1S/C16H20ClFN2O3S/c1-16(2,10-3-5-24(22,23)6-4-10)15(21)12-13(18)11(17)7-9-8-19-20-14(9)12/h7-8,10,15,21H,3-6H2,1-2H3,(H,19,20). The van der Waals surface area contributed by atoms with Gasteiger partial charge in [0.15, 0.2) is 0 Å². The molecule has 1 aliphatic heterocycles. The molecule has 1 fully saturated rings. The Morgan fingerprint density at radius 1 is 1.42 bits per heavy atom. The SMILES string of the molecule is CC(C)(C1CCS(=O)(=O)CC1)C(O)c1c(F)c(Cl)cc2cn[nH]c12. The smallest absolute Gasteiger partial charge is 0.150 e. The fraction of sp³-hybridized carbons (Fsp3) is 0.562. The lowest BCUT2D eigenvalue weighted by Gasteiger charge is -2.40. The number of nitrogens with zero attached hydrogens (tertiary/aromatic N) is 1. The molecule has 132 valence electrons. The van der Waals surface area contributed by atoms with Crippen molar-refractivity contribution in [1.29, 1.82) is 0 Å². The van der Waals surface area contributed by atoms with Gasteiger partial charge in [0.05, 0.1) is 34.3 Å². The fourth-order valence-corrected chi connectivity index (χ4v) is 5.26. The largest absolute Gasteiger partial charge is 0.388 e. The average molecular weight is 375 g/mol. The zero-order chi connectivity index (χ0) is 17.7. The Morgan fingerprint density at radius 3 is 2.67 bits per heavy atom. The van der Waals surface area contributed by atoms with E-state index in [-0.39, 0.29) is 28.0 Å². The van der Waals surface area contributed by atoms with Gasteiger partial charge in [-0.3, -0.25) is 5.10 Å². The molecule has 0 saturated carbocycles. The lowest BCUT2D eigenvalue weighted by molar-refractivity contribution is -0.000636. The minimum absolute atomic E-state index is 0.0348. The van der Waals surface area contributed by atoms with Gasteiger partial charge in [0.1, 0.15) is 15.7 Å². The summed E-state index contributed by atoms with van der Waals surface area (Å²) in [5.41, 5.74) is -0.200. The topological polar surface area (TPSA) is 83.1 Å². The summed E-state index contributed by atoms with van der Waals surface area (Å²) >= 11 is 5.96. The van der Waals surface area contributed by atoms with E-state index in [1.165, 1.54) is 12.3 Å². The number of aromatic nitrogens is 2. The predicted octanol–water partition coefficient (Wildman–Crippen LogP) is 3.24. The van der Waals surface area contributed by atoms with Crippen molar-refractivity contribution in [3.05, 3.63) is 28.7 Å². The Labute approximate surface area is 145 Å². The highest BCUT2D eigenvalue weighted by Crippen LogP contribution is 2.47. The predicted molar refractivity (Wildman–Crippen MR) is 91.2 cm³/mol. The van der Waals surface area contributed by atoms with Crippen LogP contribution in [-0.4, -0.2) is 35.2 Å². The summed E-state index contributed by atoms with van der Waals surface area (Å²) in [7, 11) is -3.00. The van der Waals surface area contributed by atoms with E-state index in [0.29, 0.717) is 23.7 Å². The summed E-state index contributed by atoms with van der Waals surface area (Å²) in [5.74, 6) is -0.499. The van der Waals surface area contributed by atoms with Gasteiger partial charge < -0.3 is 5.11 Å². The molecule has 5 nitrogen and oxygen atoms in total. The van der Waals surface area contributed by atoms with Crippen molar-refractivity contribution >= 4 is 32.3 Å². The first-order valence-electron chi connectivity index (χ1n) is 7.83. The quantitative estimate of drug-likeness (QED) is 0.863. The third-order valence-corrected chi connectivity index (χ3v) is 7.24. The van der Waals surface area contributed by atoms with Gasteiger partial charge in [0.2, 0.25) is 0 Å². The van der Waals surface area contributed by atoms with Gasteiger partial charge in [-0.25, -0.2) is 12.8 Å². The Bertz CT molecular complexity index is 865. The lowest BCUT2D eigenvalue weighted by atomic mass is 9.69. The third-order valence-electron chi connectivity index (χ3n) is 5.25. The number of aromatic amines is 1. The van der Waals surface area contributed by atoms with E-state index in [1.807, 2.05) is 13.8 Å². The van der Waals surface area contributed by atoms with Gasteiger partial charge in [-0.2, -0.15) is 5.10 Å². The lowest BCUT2D eigenvalue weighted by Crippen LogP contribution is -2.37. The number of hydrogen-bond acceptors (Lipinski definition) is 4. The highest BCUT2D eigenvalue weighted by molar-refractivity contribution is 7.91. The molecule has 1 saturated heterocycles. The van der Waals surface area contributed by atoms with E-state index in [4.69, 9.17) is 11.6 Å². The van der Waals surface area contributed by atoms with E-state index < -0.39 is 27.2 Å². The number of H-pyrrole nitrogens is 1. The maximum Gasteiger partial charge on any atom is 0.150 e. The van der Waals surface area contributed by atoms with Crippen LogP contribution in [0, 0.1) is 17.2 Å². The Balaban J connectivity index is 2.00. The molecule has 1 atom stereocenters. The fourth-order valence-electron chi connectivity index (χ4n) is 3.54. The van der Waals surface area contributed by atoms with Crippen LogP contribution in [0.4, 0.5) is 4.39 Å². The van der Waals surface area contributed by atoms with Gasteiger partial charge >= 0.3 is 0 Å². The number of fused-ring (bicyclic) bond motifs is 1. The van der Waals surface area contributed by atoms with Gasteiger partial charge in [0.25, 0.3) is 0 Å². The molecule has 1 aromatic heterocycles. The number of hydrogen-bond donors (Lipinski definition) is 2.